The van der Waals surface area contributed by atoms with Gasteiger partial charge in [-0.2, -0.15) is 0 Å². The van der Waals surface area contributed by atoms with Crippen molar-refractivity contribution < 1.29 is 4.92 Å². The van der Waals surface area contributed by atoms with Gasteiger partial charge in [-0.05, 0) is 19.0 Å². The van der Waals surface area contributed by atoms with E-state index < -0.39 is 0 Å². The van der Waals surface area contributed by atoms with Crippen molar-refractivity contribution in [2.45, 2.75) is 13.3 Å². The molecule has 110 valence electrons. The molecule has 1 aliphatic heterocycles. The molecule has 0 amide bonds. The number of nitrogens with one attached hydrogen (secondary N) is 1. The Bertz CT molecular complexity index is 472. The summed E-state index contributed by atoms with van der Waals surface area (Å²) in [5.41, 5.74) is 0.0768. The van der Waals surface area contributed by atoms with Crippen LogP contribution in [0.1, 0.15) is 13.3 Å². The SMILES string of the molecule is CCCN1CCN(c2nc(NC)ccc2[N+](=O)[O-])CC1. The van der Waals surface area contributed by atoms with Crippen LogP contribution < -0.4 is 10.2 Å². The number of nitrogens with zero attached hydrogens (tertiary/aromatic N) is 4. The minimum Gasteiger partial charge on any atom is -0.373 e. The fourth-order valence-corrected chi connectivity index (χ4v) is 2.46. The molecule has 0 unspecified atom stereocenters. The Hall–Kier alpha value is -1.89. The fraction of sp³-hybridized carbons (Fsp3) is 0.615. The van der Waals surface area contributed by atoms with Crippen molar-refractivity contribution in [2.75, 3.05) is 50.0 Å². The summed E-state index contributed by atoms with van der Waals surface area (Å²) in [7, 11) is 1.76. The first-order valence-electron chi connectivity index (χ1n) is 6.96. The molecule has 0 aliphatic carbocycles. The molecule has 1 aromatic heterocycles. The molecule has 20 heavy (non-hydrogen) atoms. The Balaban J connectivity index is 2.17. The first-order chi connectivity index (χ1) is 9.65. The van der Waals surface area contributed by atoms with E-state index in [0.717, 1.165) is 39.1 Å². The van der Waals surface area contributed by atoms with Gasteiger partial charge in [0.05, 0.1) is 4.92 Å². The molecule has 1 N–H and O–H groups in total. The van der Waals surface area contributed by atoms with Crippen LogP contribution in [-0.4, -0.2) is 54.6 Å². The molecule has 1 aromatic rings. The lowest BCUT2D eigenvalue weighted by atomic mass is 10.2. The van der Waals surface area contributed by atoms with Gasteiger partial charge >= 0.3 is 5.69 Å². The monoisotopic (exact) mass is 279 g/mol. The second-order valence-corrected chi connectivity index (χ2v) is 4.88. The lowest BCUT2D eigenvalue weighted by molar-refractivity contribution is -0.384. The van der Waals surface area contributed by atoms with Gasteiger partial charge in [-0.25, -0.2) is 4.98 Å². The molecule has 0 bridgehead atoms. The average Bonchev–Trinajstić information content (AvgIpc) is 2.47. The van der Waals surface area contributed by atoms with Crippen LogP contribution in [0.25, 0.3) is 0 Å². The van der Waals surface area contributed by atoms with Gasteiger partial charge in [0.25, 0.3) is 0 Å². The Labute approximate surface area is 118 Å². The van der Waals surface area contributed by atoms with Gasteiger partial charge in [0.2, 0.25) is 5.82 Å². The highest BCUT2D eigenvalue weighted by Crippen LogP contribution is 2.28. The van der Waals surface area contributed by atoms with Crippen molar-refractivity contribution in [1.29, 1.82) is 0 Å². The molecular weight excluding hydrogens is 258 g/mol. The highest BCUT2D eigenvalue weighted by Gasteiger charge is 2.25. The van der Waals surface area contributed by atoms with Crippen molar-refractivity contribution >= 4 is 17.3 Å². The lowest BCUT2D eigenvalue weighted by Crippen LogP contribution is -2.47. The maximum absolute atomic E-state index is 11.1. The average molecular weight is 279 g/mol. The predicted molar refractivity (Wildman–Crippen MR) is 79.4 cm³/mol. The summed E-state index contributed by atoms with van der Waals surface area (Å²) in [4.78, 5) is 19.5. The Kier molecular flexibility index (Phi) is 4.73. The lowest BCUT2D eigenvalue weighted by Gasteiger charge is -2.35. The van der Waals surface area contributed by atoms with Gasteiger partial charge in [-0.15, -0.1) is 0 Å². The molecule has 0 radical (unpaired) electrons. The number of nitro groups is 1. The van der Waals surface area contributed by atoms with E-state index in [4.69, 9.17) is 0 Å². The van der Waals surface area contributed by atoms with Crippen molar-refractivity contribution in [3.8, 4) is 0 Å². The van der Waals surface area contributed by atoms with Crippen LogP contribution >= 0.6 is 0 Å². The first kappa shape index (κ1) is 14.5. The smallest absolute Gasteiger partial charge is 0.311 e. The van der Waals surface area contributed by atoms with Crippen LogP contribution in [0.4, 0.5) is 17.3 Å². The van der Waals surface area contributed by atoms with Gasteiger partial charge in [-0.3, -0.25) is 15.0 Å². The van der Waals surface area contributed by atoms with E-state index in [0.29, 0.717) is 11.6 Å². The zero-order chi connectivity index (χ0) is 14.5. The molecule has 0 aromatic carbocycles. The van der Waals surface area contributed by atoms with E-state index in [1.54, 1.807) is 13.1 Å². The number of pyridine rings is 1. The summed E-state index contributed by atoms with van der Waals surface area (Å²) >= 11 is 0. The van der Waals surface area contributed by atoms with E-state index in [1.165, 1.54) is 6.07 Å². The van der Waals surface area contributed by atoms with Crippen molar-refractivity contribution in [2.24, 2.45) is 0 Å². The molecule has 0 saturated carbocycles. The zero-order valence-corrected chi connectivity index (χ0v) is 12.0. The van der Waals surface area contributed by atoms with Crippen LogP contribution in [0, 0.1) is 10.1 Å². The number of hydrogen-bond donors (Lipinski definition) is 1. The molecule has 1 fully saturated rings. The number of aromatic nitrogens is 1. The fourth-order valence-electron chi connectivity index (χ4n) is 2.46. The summed E-state index contributed by atoms with van der Waals surface area (Å²) in [6.45, 7) is 6.66. The largest absolute Gasteiger partial charge is 0.373 e. The Morgan fingerprint density at radius 3 is 2.60 bits per heavy atom. The molecule has 0 spiro atoms. The first-order valence-corrected chi connectivity index (χ1v) is 6.96. The summed E-state index contributed by atoms with van der Waals surface area (Å²) in [6, 6.07) is 3.15. The highest BCUT2D eigenvalue weighted by atomic mass is 16.6. The quantitative estimate of drug-likeness (QED) is 0.651. The Morgan fingerprint density at radius 1 is 1.35 bits per heavy atom. The van der Waals surface area contributed by atoms with Gasteiger partial charge in [0.1, 0.15) is 5.82 Å². The summed E-state index contributed by atoms with van der Waals surface area (Å²) in [5.74, 6) is 1.12. The summed E-state index contributed by atoms with van der Waals surface area (Å²) in [5, 5.41) is 14.1. The van der Waals surface area contributed by atoms with Crippen molar-refractivity contribution in [1.82, 2.24) is 9.88 Å². The third-order valence-electron chi connectivity index (χ3n) is 3.52. The number of piperazine rings is 1. The third-order valence-corrected chi connectivity index (χ3v) is 3.52. The minimum absolute atomic E-state index is 0.0768. The van der Waals surface area contributed by atoms with Gasteiger partial charge in [0.15, 0.2) is 0 Å². The molecule has 0 atom stereocenters. The maximum Gasteiger partial charge on any atom is 0.311 e. The van der Waals surface area contributed by atoms with Crippen LogP contribution in [0.5, 0.6) is 0 Å². The normalized spacial score (nSPS) is 16.2. The molecule has 7 nitrogen and oxygen atoms in total. The second-order valence-electron chi connectivity index (χ2n) is 4.88. The zero-order valence-electron chi connectivity index (χ0n) is 12.0. The molecule has 2 rings (SSSR count). The van der Waals surface area contributed by atoms with Crippen molar-refractivity contribution in [3.63, 3.8) is 0 Å². The van der Waals surface area contributed by atoms with Crippen LogP contribution in [0.2, 0.25) is 0 Å². The molecule has 1 saturated heterocycles. The summed E-state index contributed by atoms with van der Waals surface area (Å²) in [6.07, 6.45) is 1.13. The standard InChI is InChI=1S/C13H21N5O2/c1-3-6-16-7-9-17(10-8-16)13-11(18(19)20)4-5-12(14-2)15-13/h4-5H,3,6-10H2,1-2H3,(H,14,15). The van der Waals surface area contributed by atoms with Crippen LogP contribution in [-0.2, 0) is 0 Å². The third kappa shape index (κ3) is 3.16. The molecular formula is C13H21N5O2. The number of anilines is 2. The predicted octanol–water partition coefficient (Wildman–Crippen LogP) is 1.56. The number of rotatable bonds is 5. The maximum atomic E-state index is 11.1. The Morgan fingerprint density at radius 2 is 2.05 bits per heavy atom. The van der Waals surface area contributed by atoms with E-state index >= 15 is 0 Å². The molecule has 1 aliphatic rings. The minimum atomic E-state index is -0.361. The highest BCUT2D eigenvalue weighted by molar-refractivity contribution is 5.62. The van der Waals surface area contributed by atoms with Gasteiger partial charge < -0.3 is 10.2 Å². The van der Waals surface area contributed by atoms with Gasteiger partial charge in [0, 0.05) is 39.3 Å². The van der Waals surface area contributed by atoms with E-state index in [-0.39, 0.29) is 10.6 Å². The van der Waals surface area contributed by atoms with E-state index in [1.807, 2.05) is 4.90 Å². The number of hydrogen-bond acceptors (Lipinski definition) is 6. The summed E-state index contributed by atoms with van der Waals surface area (Å²) < 4.78 is 0. The molecule has 7 heteroatoms. The molecule has 2 heterocycles. The van der Waals surface area contributed by atoms with E-state index in [9.17, 15) is 10.1 Å². The van der Waals surface area contributed by atoms with Gasteiger partial charge in [-0.1, -0.05) is 6.92 Å². The van der Waals surface area contributed by atoms with Crippen LogP contribution in [0.3, 0.4) is 0 Å². The van der Waals surface area contributed by atoms with E-state index in [2.05, 4.69) is 22.1 Å². The van der Waals surface area contributed by atoms with Crippen molar-refractivity contribution in [3.05, 3.63) is 22.2 Å². The second kappa shape index (κ2) is 6.51. The topological polar surface area (TPSA) is 74.5 Å². The van der Waals surface area contributed by atoms with Crippen LogP contribution in [0.15, 0.2) is 12.1 Å².